The van der Waals surface area contributed by atoms with E-state index in [1.165, 1.54) is 4.90 Å². The Morgan fingerprint density at radius 3 is 2.33 bits per heavy atom. The number of pyridine rings is 1. The fourth-order valence-corrected chi connectivity index (χ4v) is 2.62. The van der Waals surface area contributed by atoms with E-state index in [2.05, 4.69) is 10.3 Å². The number of benzene rings is 1. The zero-order valence-corrected chi connectivity index (χ0v) is 14.5. The minimum atomic E-state index is -0.277. The summed E-state index contributed by atoms with van der Waals surface area (Å²) in [5.74, 6) is -0.327. The van der Waals surface area contributed by atoms with E-state index in [1.807, 2.05) is 26.0 Å². The highest BCUT2D eigenvalue weighted by molar-refractivity contribution is 5.99. The van der Waals surface area contributed by atoms with Crippen molar-refractivity contribution in [3.8, 4) is 0 Å². The first-order chi connectivity index (χ1) is 11.4. The van der Waals surface area contributed by atoms with Crippen LogP contribution >= 0.6 is 0 Å². The second-order valence-corrected chi connectivity index (χ2v) is 6.27. The van der Waals surface area contributed by atoms with E-state index in [1.54, 1.807) is 50.8 Å². The molecule has 0 saturated heterocycles. The van der Waals surface area contributed by atoms with Crippen LogP contribution in [0.4, 0.5) is 5.69 Å². The molecule has 24 heavy (non-hydrogen) atoms. The molecule has 5 heteroatoms. The number of hydrogen-bond donors (Lipinski definition) is 1. The van der Waals surface area contributed by atoms with Crippen molar-refractivity contribution in [2.24, 2.45) is 5.92 Å². The van der Waals surface area contributed by atoms with Crippen LogP contribution in [0.15, 0.2) is 48.8 Å². The standard InChI is InChI=1S/C19H23N3O2/c1-13(2)17(14-8-10-20-11-9-14)18(23)21-16-7-5-6-15(12-16)19(24)22(3)4/h5-13,17H,1-4H3,(H,21,23). The van der Waals surface area contributed by atoms with Crippen molar-refractivity contribution in [2.75, 3.05) is 19.4 Å². The molecular formula is C19H23N3O2. The van der Waals surface area contributed by atoms with E-state index in [-0.39, 0.29) is 23.7 Å². The quantitative estimate of drug-likeness (QED) is 0.918. The molecule has 1 unspecified atom stereocenters. The lowest BCUT2D eigenvalue weighted by atomic mass is 9.88. The summed E-state index contributed by atoms with van der Waals surface area (Å²) in [4.78, 5) is 30.3. The lowest BCUT2D eigenvalue weighted by Gasteiger charge is -2.21. The molecule has 0 saturated carbocycles. The van der Waals surface area contributed by atoms with Gasteiger partial charge in [0.2, 0.25) is 5.91 Å². The first-order valence-electron chi connectivity index (χ1n) is 7.92. The van der Waals surface area contributed by atoms with Crippen LogP contribution < -0.4 is 5.32 Å². The van der Waals surface area contributed by atoms with Crippen molar-refractivity contribution in [2.45, 2.75) is 19.8 Å². The third-order valence-corrected chi connectivity index (χ3v) is 3.80. The van der Waals surface area contributed by atoms with Gasteiger partial charge >= 0.3 is 0 Å². The van der Waals surface area contributed by atoms with Crippen molar-refractivity contribution in [1.82, 2.24) is 9.88 Å². The smallest absolute Gasteiger partial charge is 0.253 e. The predicted octanol–water partition coefficient (Wildman–Crippen LogP) is 3.16. The topological polar surface area (TPSA) is 62.3 Å². The fraction of sp³-hybridized carbons (Fsp3) is 0.316. The Morgan fingerprint density at radius 2 is 1.75 bits per heavy atom. The van der Waals surface area contributed by atoms with Gasteiger partial charge in [0.1, 0.15) is 0 Å². The van der Waals surface area contributed by atoms with Crippen LogP contribution in [0.25, 0.3) is 0 Å². The molecular weight excluding hydrogens is 302 g/mol. The summed E-state index contributed by atoms with van der Waals surface area (Å²) in [6.07, 6.45) is 3.38. The molecule has 0 aliphatic heterocycles. The average molecular weight is 325 g/mol. The Morgan fingerprint density at radius 1 is 1.08 bits per heavy atom. The van der Waals surface area contributed by atoms with Crippen LogP contribution in [0.5, 0.6) is 0 Å². The van der Waals surface area contributed by atoms with E-state index in [4.69, 9.17) is 0 Å². The van der Waals surface area contributed by atoms with Gasteiger partial charge in [0.15, 0.2) is 0 Å². The van der Waals surface area contributed by atoms with Gasteiger partial charge in [0.25, 0.3) is 5.91 Å². The molecule has 0 radical (unpaired) electrons. The number of hydrogen-bond acceptors (Lipinski definition) is 3. The average Bonchev–Trinajstić information content (AvgIpc) is 2.55. The summed E-state index contributed by atoms with van der Waals surface area (Å²) < 4.78 is 0. The number of anilines is 1. The first kappa shape index (κ1) is 17.7. The van der Waals surface area contributed by atoms with Crippen molar-refractivity contribution in [3.05, 3.63) is 59.9 Å². The molecule has 1 atom stereocenters. The van der Waals surface area contributed by atoms with Crippen molar-refractivity contribution < 1.29 is 9.59 Å². The van der Waals surface area contributed by atoms with Crippen LogP contribution in [0.2, 0.25) is 0 Å². The van der Waals surface area contributed by atoms with Crippen LogP contribution in [-0.2, 0) is 4.79 Å². The molecule has 2 rings (SSSR count). The van der Waals surface area contributed by atoms with E-state index in [0.717, 1.165) is 5.56 Å². The van der Waals surface area contributed by atoms with Gasteiger partial charge in [0, 0.05) is 37.7 Å². The molecule has 1 aromatic heterocycles. The second-order valence-electron chi connectivity index (χ2n) is 6.27. The molecule has 2 aromatic rings. The van der Waals surface area contributed by atoms with Gasteiger partial charge in [-0.25, -0.2) is 0 Å². The summed E-state index contributed by atoms with van der Waals surface area (Å²) in [6.45, 7) is 4.02. The number of aromatic nitrogens is 1. The number of carbonyl (C=O) groups is 2. The monoisotopic (exact) mass is 325 g/mol. The maximum absolute atomic E-state index is 12.7. The first-order valence-corrected chi connectivity index (χ1v) is 7.92. The molecule has 1 N–H and O–H groups in total. The van der Waals surface area contributed by atoms with Crippen LogP contribution in [0.1, 0.15) is 35.7 Å². The minimum absolute atomic E-state index is 0.0920. The highest BCUT2D eigenvalue weighted by atomic mass is 16.2. The number of carbonyl (C=O) groups excluding carboxylic acids is 2. The SMILES string of the molecule is CC(C)C(C(=O)Nc1cccc(C(=O)N(C)C)c1)c1ccncc1. The Bertz CT molecular complexity index is 712. The van der Waals surface area contributed by atoms with Gasteiger partial charge in [-0.15, -0.1) is 0 Å². The highest BCUT2D eigenvalue weighted by Crippen LogP contribution is 2.26. The summed E-state index contributed by atoms with van der Waals surface area (Å²) in [6, 6.07) is 10.7. The Labute approximate surface area is 142 Å². The van der Waals surface area contributed by atoms with E-state index >= 15 is 0 Å². The third kappa shape index (κ3) is 4.19. The summed E-state index contributed by atoms with van der Waals surface area (Å²) in [5.41, 5.74) is 2.09. The lowest BCUT2D eigenvalue weighted by molar-refractivity contribution is -0.118. The van der Waals surface area contributed by atoms with Crippen LogP contribution in [-0.4, -0.2) is 35.8 Å². The minimum Gasteiger partial charge on any atom is -0.345 e. The summed E-state index contributed by atoms with van der Waals surface area (Å²) >= 11 is 0. The Kier molecular flexibility index (Phi) is 5.68. The molecule has 1 heterocycles. The third-order valence-electron chi connectivity index (χ3n) is 3.80. The largest absolute Gasteiger partial charge is 0.345 e. The Hall–Kier alpha value is -2.69. The van der Waals surface area contributed by atoms with E-state index in [9.17, 15) is 9.59 Å². The highest BCUT2D eigenvalue weighted by Gasteiger charge is 2.24. The van der Waals surface area contributed by atoms with Crippen molar-refractivity contribution in [3.63, 3.8) is 0 Å². The number of rotatable bonds is 5. The lowest BCUT2D eigenvalue weighted by Crippen LogP contribution is -2.25. The molecule has 2 amide bonds. The molecule has 1 aromatic carbocycles. The van der Waals surface area contributed by atoms with Crippen molar-refractivity contribution >= 4 is 17.5 Å². The summed E-state index contributed by atoms with van der Waals surface area (Å²) in [5, 5.41) is 2.93. The molecule has 126 valence electrons. The van der Waals surface area contributed by atoms with Crippen LogP contribution in [0, 0.1) is 5.92 Å². The van der Waals surface area contributed by atoms with Gasteiger partial charge in [-0.2, -0.15) is 0 Å². The van der Waals surface area contributed by atoms with E-state index < -0.39 is 0 Å². The predicted molar refractivity (Wildman–Crippen MR) is 94.9 cm³/mol. The summed E-state index contributed by atoms with van der Waals surface area (Å²) in [7, 11) is 3.40. The van der Waals surface area contributed by atoms with Gasteiger partial charge < -0.3 is 10.2 Å². The normalized spacial score (nSPS) is 11.9. The maximum Gasteiger partial charge on any atom is 0.253 e. The van der Waals surface area contributed by atoms with Gasteiger partial charge in [-0.1, -0.05) is 19.9 Å². The van der Waals surface area contributed by atoms with Crippen LogP contribution in [0.3, 0.4) is 0 Å². The molecule has 0 spiro atoms. The Balaban J connectivity index is 2.22. The molecule has 0 aliphatic rings. The number of nitrogens with one attached hydrogen (secondary N) is 1. The fourth-order valence-electron chi connectivity index (χ4n) is 2.62. The number of nitrogens with zero attached hydrogens (tertiary/aromatic N) is 2. The molecule has 0 fully saturated rings. The zero-order valence-electron chi connectivity index (χ0n) is 14.5. The van der Waals surface area contributed by atoms with Gasteiger partial charge in [-0.3, -0.25) is 14.6 Å². The molecule has 5 nitrogen and oxygen atoms in total. The van der Waals surface area contributed by atoms with Gasteiger partial charge in [-0.05, 0) is 41.8 Å². The van der Waals surface area contributed by atoms with Gasteiger partial charge in [0.05, 0.1) is 5.92 Å². The van der Waals surface area contributed by atoms with E-state index in [0.29, 0.717) is 11.3 Å². The maximum atomic E-state index is 12.7. The second kappa shape index (κ2) is 7.73. The zero-order chi connectivity index (χ0) is 17.7. The van der Waals surface area contributed by atoms with Crippen molar-refractivity contribution in [1.29, 1.82) is 0 Å². The molecule has 0 aliphatic carbocycles. The number of amides is 2. The molecule has 0 bridgehead atoms.